The van der Waals surface area contributed by atoms with E-state index in [9.17, 15) is 18.7 Å². The van der Waals surface area contributed by atoms with Crippen molar-refractivity contribution in [3.8, 4) is 0 Å². The molecule has 0 aliphatic carbocycles. The number of hydrogen-bond donors (Lipinski definition) is 3. The molecule has 0 bridgehead atoms. The van der Waals surface area contributed by atoms with Gasteiger partial charge in [-0.25, -0.2) is 8.78 Å². The summed E-state index contributed by atoms with van der Waals surface area (Å²) in [5, 5.41) is 13.6. The van der Waals surface area contributed by atoms with Crippen LogP contribution in [0.2, 0.25) is 0 Å². The normalized spacial score (nSPS) is 13.8. The maximum atomic E-state index is 13.9. The van der Waals surface area contributed by atoms with Crippen LogP contribution in [0.4, 0.5) is 8.78 Å². The molecule has 0 aliphatic heterocycles. The summed E-state index contributed by atoms with van der Waals surface area (Å²) in [6, 6.07) is 2.28. The predicted octanol–water partition coefficient (Wildman–Crippen LogP) is 3.29. The van der Waals surface area contributed by atoms with E-state index < -0.39 is 29.3 Å². The van der Waals surface area contributed by atoms with Crippen LogP contribution < -0.4 is 11.1 Å². The zero-order chi connectivity index (χ0) is 22.8. The first-order chi connectivity index (χ1) is 13.8. The summed E-state index contributed by atoms with van der Waals surface area (Å²) >= 11 is 0. The zero-order valence-electron chi connectivity index (χ0n) is 18.4. The summed E-state index contributed by atoms with van der Waals surface area (Å²) in [6.07, 6.45) is -1.12. The first-order valence-corrected chi connectivity index (χ1v) is 9.97. The van der Waals surface area contributed by atoms with Gasteiger partial charge in [-0.1, -0.05) is 0 Å². The lowest BCUT2D eigenvalue weighted by Gasteiger charge is -2.25. The summed E-state index contributed by atoms with van der Waals surface area (Å²) in [5.74, 6) is -1.42. The van der Waals surface area contributed by atoms with Crippen LogP contribution in [0.3, 0.4) is 0 Å². The molecule has 7 heteroatoms. The lowest BCUT2D eigenvalue weighted by molar-refractivity contribution is 0.0915. The Morgan fingerprint density at radius 2 is 1.80 bits per heavy atom. The third kappa shape index (κ3) is 5.83. The van der Waals surface area contributed by atoms with Crippen LogP contribution in [0.25, 0.3) is 0 Å². The topological polar surface area (TPSA) is 88.2 Å². The largest absolute Gasteiger partial charge is 0.391 e. The average Bonchev–Trinajstić information content (AvgIpc) is 2.61. The molecule has 2 aromatic rings. The number of nitrogens with one attached hydrogen (secondary N) is 1. The number of nitrogens with two attached hydrogens (primary N) is 1. The highest BCUT2D eigenvalue weighted by Crippen LogP contribution is 2.22. The van der Waals surface area contributed by atoms with E-state index in [1.807, 2.05) is 41.5 Å². The van der Waals surface area contributed by atoms with Gasteiger partial charge in [-0.15, -0.1) is 0 Å². The Hall–Kier alpha value is -2.38. The molecule has 5 nitrogen and oxygen atoms in total. The van der Waals surface area contributed by atoms with Crippen molar-refractivity contribution < 1.29 is 18.7 Å². The molecule has 1 aromatic carbocycles. The van der Waals surface area contributed by atoms with Gasteiger partial charge in [0.05, 0.1) is 17.4 Å². The van der Waals surface area contributed by atoms with E-state index >= 15 is 0 Å². The fourth-order valence-electron chi connectivity index (χ4n) is 3.31. The number of aryl methyl sites for hydroxylation is 1. The van der Waals surface area contributed by atoms with Crippen LogP contribution in [0.1, 0.15) is 59.2 Å². The minimum atomic E-state index is -1.09. The molecule has 0 saturated heterocycles. The molecule has 0 spiro atoms. The highest BCUT2D eigenvalue weighted by atomic mass is 19.1. The molecule has 4 N–H and O–H groups in total. The fourth-order valence-corrected chi connectivity index (χ4v) is 3.31. The minimum absolute atomic E-state index is 0.0208. The maximum absolute atomic E-state index is 13.9. The summed E-state index contributed by atoms with van der Waals surface area (Å²) in [6.45, 7) is 11.2. The number of hydrogen-bond acceptors (Lipinski definition) is 4. The van der Waals surface area contributed by atoms with Gasteiger partial charge in [0.25, 0.3) is 5.91 Å². The zero-order valence-corrected chi connectivity index (χ0v) is 18.4. The Labute approximate surface area is 176 Å². The monoisotopic (exact) mass is 419 g/mol. The van der Waals surface area contributed by atoms with Gasteiger partial charge >= 0.3 is 0 Å². The van der Waals surface area contributed by atoms with E-state index in [4.69, 9.17) is 5.73 Å². The molecule has 164 valence electrons. The molecule has 0 aliphatic rings. The van der Waals surface area contributed by atoms with Crippen LogP contribution in [0.5, 0.6) is 0 Å². The Kier molecular flexibility index (Phi) is 7.31. The number of carbonyl (C=O) groups excluding carboxylic acids is 1. The number of benzene rings is 1. The van der Waals surface area contributed by atoms with Crippen molar-refractivity contribution in [2.45, 2.75) is 72.1 Å². The average molecular weight is 420 g/mol. The van der Waals surface area contributed by atoms with Crippen LogP contribution in [0, 0.1) is 32.4 Å². The van der Waals surface area contributed by atoms with E-state index in [0.717, 1.165) is 35.0 Å². The summed E-state index contributed by atoms with van der Waals surface area (Å²) in [7, 11) is 0. The molecular formula is C23H31F2N3O2. The number of aliphatic hydroxyl groups is 1. The number of aromatic nitrogens is 1. The maximum Gasteiger partial charge on any atom is 0.253 e. The van der Waals surface area contributed by atoms with Gasteiger partial charge in [-0.2, -0.15) is 0 Å². The summed E-state index contributed by atoms with van der Waals surface area (Å²) < 4.78 is 27.4. The van der Waals surface area contributed by atoms with Gasteiger partial charge in [-0.3, -0.25) is 9.78 Å². The van der Waals surface area contributed by atoms with Crippen molar-refractivity contribution in [2.75, 3.05) is 0 Å². The van der Waals surface area contributed by atoms with Gasteiger partial charge in [0.1, 0.15) is 11.6 Å². The molecule has 1 amide bonds. The van der Waals surface area contributed by atoms with Crippen LogP contribution in [-0.4, -0.2) is 33.7 Å². The summed E-state index contributed by atoms with van der Waals surface area (Å²) in [4.78, 5) is 17.5. The smallest absolute Gasteiger partial charge is 0.253 e. The van der Waals surface area contributed by atoms with Crippen molar-refractivity contribution in [3.05, 3.63) is 63.5 Å². The number of rotatable bonds is 6. The molecule has 30 heavy (non-hydrogen) atoms. The number of pyridine rings is 1. The van der Waals surface area contributed by atoms with Crippen molar-refractivity contribution >= 4 is 5.91 Å². The Balaban J connectivity index is 2.31. The second-order valence-corrected chi connectivity index (χ2v) is 8.85. The van der Waals surface area contributed by atoms with Crippen molar-refractivity contribution in [2.24, 2.45) is 5.73 Å². The summed E-state index contributed by atoms with van der Waals surface area (Å²) in [5.41, 5.74) is 9.02. The predicted molar refractivity (Wildman–Crippen MR) is 113 cm³/mol. The van der Waals surface area contributed by atoms with E-state index in [0.29, 0.717) is 11.3 Å². The molecule has 0 radical (unpaired) electrons. The van der Waals surface area contributed by atoms with Crippen molar-refractivity contribution in [1.29, 1.82) is 0 Å². The van der Waals surface area contributed by atoms with Crippen LogP contribution in [-0.2, 0) is 12.8 Å². The number of halogens is 2. The fraction of sp³-hybridized carbons (Fsp3) is 0.478. The van der Waals surface area contributed by atoms with Gasteiger partial charge in [0.15, 0.2) is 0 Å². The molecule has 0 unspecified atom stereocenters. The molecule has 2 atom stereocenters. The molecule has 2 rings (SSSR count). The van der Waals surface area contributed by atoms with Crippen molar-refractivity contribution in [1.82, 2.24) is 10.3 Å². The molecule has 1 heterocycles. The van der Waals surface area contributed by atoms with Gasteiger partial charge in [-0.05, 0) is 82.9 Å². The number of aliphatic hydroxyl groups excluding tert-OH is 1. The lowest BCUT2D eigenvalue weighted by atomic mass is 9.93. The highest BCUT2D eigenvalue weighted by molar-refractivity contribution is 5.97. The Bertz CT molecular complexity index is 939. The molecule has 1 aromatic heterocycles. The van der Waals surface area contributed by atoms with E-state index in [2.05, 4.69) is 10.3 Å². The molecule has 0 fully saturated rings. The Morgan fingerprint density at radius 1 is 1.17 bits per heavy atom. The Morgan fingerprint density at radius 3 is 2.40 bits per heavy atom. The van der Waals surface area contributed by atoms with Gasteiger partial charge in [0.2, 0.25) is 0 Å². The minimum Gasteiger partial charge on any atom is -0.391 e. The third-order valence-electron chi connectivity index (χ3n) is 5.15. The van der Waals surface area contributed by atoms with E-state index in [-0.39, 0.29) is 24.3 Å². The second-order valence-electron chi connectivity index (χ2n) is 8.85. The second kappa shape index (κ2) is 9.18. The molecule has 0 saturated carbocycles. The van der Waals surface area contributed by atoms with E-state index in [1.54, 1.807) is 0 Å². The number of amides is 1. The standard InChI is InChI=1S/C23H31F2N3O2/c1-12-13(2)21(22(30)28-23(4,5)6)19(27-14(12)3)11-20(29)18(26)10-15-9-16(24)7-8-17(15)25/h7-9,18,20,29H,10-11,26H2,1-6H3,(H,28,30)/t18-,20+/m1/s1. The van der Waals surface area contributed by atoms with Crippen LogP contribution >= 0.6 is 0 Å². The van der Waals surface area contributed by atoms with Gasteiger partial charge in [0, 0.05) is 23.7 Å². The molecular weight excluding hydrogens is 388 g/mol. The number of carbonyl (C=O) groups is 1. The van der Waals surface area contributed by atoms with Crippen LogP contribution in [0.15, 0.2) is 18.2 Å². The SMILES string of the molecule is Cc1nc(C[C@H](O)[C@H](N)Cc2cc(F)ccc2F)c(C(=O)NC(C)(C)C)c(C)c1C. The third-order valence-corrected chi connectivity index (χ3v) is 5.15. The van der Waals surface area contributed by atoms with Crippen molar-refractivity contribution in [3.63, 3.8) is 0 Å². The lowest BCUT2D eigenvalue weighted by Crippen LogP contribution is -2.42. The number of nitrogens with zero attached hydrogens (tertiary/aromatic N) is 1. The quantitative estimate of drug-likeness (QED) is 0.670. The highest BCUT2D eigenvalue weighted by Gasteiger charge is 2.26. The first-order valence-electron chi connectivity index (χ1n) is 9.97. The van der Waals surface area contributed by atoms with E-state index in [1.165, 1.54) is 0 Å². The van der Waals surface area contributed by atoms with Gasteiger partial charge < -0.3 is 16.2 Å². The first kappa shape index (κ1) is 23.9.